The normalized spacial score (nSPS) is 17.7. The number of hydrogen-bond donors (Lipinski definition) is 0. The van der Waals surface area contributed by atoms with Gasteiger partial charge >= 0.3 is 0 Å². The van der Waals surface area contributed by atoms with E-state index in [0.29, 0.717) is 25.2 Å². The van der Waals surface area contributed by atoms with Crippen LogP contribution in [0.3, 0.4) is 0 Å². The second-order valence-corrected chi connectivity index (χ2v) is 6.54. The Balaban J connectivity index is 1.84. The van der Waals surface area contributed by atoms with E-state index in [1.807, 2.05) is 50.9 Å². The van der Waals surface area contributed by atoms with Crippen molar-refractivity contribution in [2.45, 2.75) is 13.0 Å². The molecule has 6 heteroatoms. The van der Waals surface area contributed by atoms with Gasteiger partial charge in [0, 0.05) is 31.9 Å². The van der Waals surface area contributed by atoms with Crippen LogP contribution in [0.25, 0.3) is 0 Å². The maximum absolute atomic E-state index is 12.6. The fourth-order valence-electron chi connectivity index (χ4n) is 3.02. The van der Waals surface area contributed by atoms with Gasteiger partial charge in [-0.15, -0.1) is 0 Å². The van der Waals surface area contributed by atoms with Crippen molar-refractivity contribution < 1.29 is 14.3 Å². The predicted octanol–water partition coefficient (Wildman–Crippen LogP) is 2.80. The van der Waals surface area contributed by atoms with Crippen molar-refractivity contribution in [1.29, 1.82) is 0 Å². The summed E-state index contributed by atoms with van der Waals surface area (Å²) in [4.78, 5) is 28.3. The van der Waals surface area contributed by atoms with Crippen molar-refractivity contribution in [3.8, 4) is 5.75 Å². The Morgan fingerprint density at radius 2 is 1.92 bits per heavy atom. The van der Waals surface area contributed by atoms with E-state index >= 15 is 0 Å². The summed E-state index contributed by atoms with van der Waals surface area (Å²) in [6.07, 6.45) is 0. The third-order valence-corrected chi connectivity index (χ3v) is 5.02. The van der Waals surface area contributed by atoms with Gasteiger partial charge in [-0.2, -0.15) is 11.3 Å². The van der Waals surface area contributed by atoms with E-state index < -0.39 is 0 Å². The lowest BCUT2D eigenvalue weighted by molar-refractivity contribution is -0.133. The van der Waals surface area contributed by atoms with Gasteiger partial charge < -0.3 is 14.5 Å². The maximum Gasteiger partial charge on any atom is 0.254 e. The summed E-state index contributed by atoms with van der Waals surface area (Å²) in [5.74, 6) is 0.826. The van der Waals surface area contributed by atoms with Gasteiger partial charge in [-0.3, -0.25) is 9.59 Å². The maximum atomic E-state index is 12.6. The minimum atomic E-state index is -0.134. The molecule has 0 bridgehead atoms. The van der Waals surface area contributed by atoms with Gasteiger partial charge in [0.15, 0.2) is 0 Å². The van der Waals surface area contributed by atoms with E-state index in [1.54, 1.807) is 14.0 Å². The number of nitrogens with zero attached hydrogens (tertiary/aromatic N) is 2. The minimum absolute atomic E-state index is 0.0259. The average molecular weight is 344 g/mol. The minimum Gasteiger partial charge on any atom is -0.497 e. The van der Waals surface area contributed by atoms with Crippen LogP contribution in [0.15, 0.2) is 41.1 Å². The third kappa shape index (κ3) is 3.28. The predicted molar refractivity (Wildman–Crippen MR) is 93.3 cm³/mol. The summed E-state index contributed by atoms with van der Waals surface area (Å²) in [6, 6.07) is 9.38. The summed E-state index contributed by atoms with van der Waals surface area (Å²) in [5, 5.41) is 3.77. The van der Waals surface area contributed by atoms with E-state index in [2.05, 4.69) is 0 Å². The zero-order valence-electron chi connectivity index (χ0n) is 13.8. The van der Waals surface area contributed by atoms with Crippen molar-refractivity contribution >= 4 is 23.2 Å². The van der Waals surface area contributed by atoms with E-state index in [4.69, 9.17) is 4.74 Å². The summed E-state index contributed by atoms with van der Waals surface area (Å²) >= 11 is 1.51. The Hall–Kier alpha value is -2.34. The number of hydrogen-bond acceptors (Lipinski definition) is 4. The molecule has 0 unspecified atom stereocenters. The number of amides is 2. The van der Waals surface area contributed by atoms with Crippen LogP contribution in [0.2, 0.25) is 0 Å². The molecule has 3 rings (SSSR count). The van der Waals surface area contributed by atoms with E-state index in [0.717, 1.165) is 11.3 Å². The Bertz CT molecular complexity index is 712. The fraction of sp³-hybridized carbons (Fsp3) is 0.333. The van der Waals surface area contributed by atoms with Gasteiger partial charge in [0.05, 0.1) is 18.7 Å². The molecule has 0 spiro atoms. The molecule has 2 heterocycles. The highest BCUT2D eigenvalue weighted by Gasteiger charge is 2.32. The third-order valence-electron chi connectivity index (χ3n) is 4.34. The topological polar surface area (TPSA) is 49.9 Å². The molecule has 2 aromatic rings. The summed E-state index contributed by atoms with van der Waals surface area (Å²) in [5.41, 5.74) is 1.72. The van der Waals surface area contributed by atoms with E-state index in [-0.39, 0.29) is 17.9 Å². The van der Waals surface area contributed by atoms with Crippen molar-refractivity contribution in [2.24, 2.45) is 0 Å². The molecule has 1 saturated heterocycles. The Kier molecular flexibility index (Phi) is 4.85. The van der Waals surface area contributed by atoms with Gasteiger partial charge in [0.2, 0.25) is 5.91 Å². The molecule has 0 radical (unpaired) electrons. The zero-order chi connectivity index (χ0) is 17.1. The van der Waals surface area contributed by atoms with Crippen molar-refractivity contribution in [1.82, 2.24) is 9.80 Å². The van der Waals surface area contributed by atoms with Gasteiger partial charge in [-0.1, -0.05) is 12.1 Å². The number of methoxy groups -OCH3 is 1. The molecular weight excluding hydrogens is 324 g/mol. The fourth-order valence-corrected chi connectivity index (χ4v) is 3.65. The first kappa shape index (κ1) is 16.5. The van der Waals surface area contributed by atoms with Crippen molar-refractivity contribution in [3.63, 3.8) is 0 Å². The van der Waals surface area contributed by atoms with Gasteiger partial charge in [-0.25, -0.2) is 0 Å². The lowest BCUT2D eigenvalue weighted by atomic mass is 10.0. The molecule has 5 nitrogen and oxygen atoms in total. The largest absolute Gasteiger partial charge is 0.497 e. The van der Waals surface area contributed by atoms with Crippen molar-refractivity contribution in [3.05, 3.63) is 52.2 Å². The second-order valence-electron chi connectivity index (χ2n) is 5.76. The Morgan fingerprint density at radius 3 is 2.50 bits per heavy atom. The molecule has 1 aromatic heterocycles. The van der Waals surface area contributed by atoms with Crippen LogP contribution in [-0.4, -0.2) is 48.4 Å². The van der Waals surface area contributed by atoms with E-state index in [1.165, 1.54) is 11.3 Å². The smallest absolute Gasteiger partial charge is 0.254 e. The summed E-state index contributed by atoms with van der Waals surface area (Å²) in [7, 11) is 1.62. The lowest BCUT2D eigenvalue weighted by Crippen LogP contribution is -2.51. The van der Waals surface area contributed by atoms with E-state index in [9.17, 15) is 9.59 Å². The molecule has 0 aliphatic carbocycles. The van der Waals surface area contributed by atoms with Crippen molar-refractivity contribution in [2.75, 3.05) is 26.7 Å². The number of carbonyl (C=O) groups is 2. The molecule has 24 heavy (non-hydrogen) atoms. The van der Waals surface area contributed by atoms with Crippen LogP contribution in [0, 0.1) is 0 Å². The number of benzene rings is 1. The first-order valence-electron chi connectivity index (χ1n) is 7.83. The number of ether oxygens (including phenoxy) is 1. The van der Waals surface area contributed by atoms with Crippen LogP contribution in [0.4, 0.5) is 0 Å². The molecule has 1 aromatic carbocycles. The highest BCUT2D eigenvalue weighted by Crippen LogP contribution is 2.28. The molecule has 0 N–H and O–H groups in total. The van der Waals surface area contributed by atoms with Gasteiger partial charge in [0.1, 0.15) is 5.75 Å². The average Bonchev–Trinajstić information content (AvgIpc) is 3.15. The Labute approximate surface area is 145 Å². The monoisotopic (exact) mass is 344 g/mol. The van der Waals surface area contributed by atoms with Crippen LogP contribution in [0.1, 0.15) is 28.9 Å². The van der Waals surface area contributed by atoms with Gasteiger partial charge in [0.25, 0.3) is 5.91 Å². The number of carbonyl (C=O) groups excluding carboxylic acids is 2. The highest BCUT2D eigenvalue weighted by atomic mass is 32.1. The quantitative estimate of drug-likeness (QED) is 0.860. The first-order valence-corrected chi connectivity index (χ1v) is 8.77. The summed E-state index contributed by atoms with van der Waals surface area (Å²) in [6.45, 7) is 3.18. The SMILES string of the molecule is COc1ccc([C@@H]2CN(C(=O)c3ccsc3)CCN2C(C)=O)cc1. The molecule has 0 saturated carbocycles. The lowest BCUT2D eigenvalue weighted by Gasteiger charge is -2.41. The van der Waals surface area contributed by atoms with Gasteiger partial charge in [-0.05, 0) is 29.1 Å². The van der Waals surface area contributed by atoms with Crippen LogP contribution in [-0.2, 0) is 4.79 Å². The van der Waals surface area contributed by atoms with Crippen LogP contribution in [0.5, 0.6) is 5.75 Å². The number of piperazine rings is 1. The van der Waals surface area contributed by atoms with Crippen LogP contribution >= 0.6 is 11.3 Å². The number of rotatable bonds is 3. The number of thiophene rings is 1. The highest BCUT2D eigenvalue weighted by molar-refractivity contribution is 7.08. The molecule has 126 valence electrons. The second kappa shape index (κ2) is 7.05. The molecular formula is C18H20N2O3S. The Morgan fingerprint density at radius 1 is 1.17 bits per heavy atom. The molecule has 1 aliphatic heterocycles. The molecule has 1 atom stereocenters. The molecule has 1 fully saturated rings. The zero-order valence-corrected chi connectivity index (χ0v) is 14.6. The van der Waals surface area contributed by atoms with Crippen LogP contribution < -0.4 is 4.74 Å². The standard InChI is InChI=1S/C18H20N2O3S/c1-13(21)20-9-8-19(18(22)15-7-10-24-12-15)11-17(20)14-3-5-16(23-2)6-4-14/h3-7,10,12,17H,8-9,11H2,1-2H3/t17-/m0/s1. The molecule has 2 amide bonds. The molecule has 1 aliphatic rings. The summed E-state index contributed by atoms with van der Waals surface area (Å²) < 4.78 is 5.20. The first-order chi connectivity index (χ1) is 11.6.